The molecule has 0 amide bonds. The maximum absolute atomic E-state index is 2.43. The van der Waals surface area contributed by atoms with Crippen LogP contribution in [-0.2, 0) is 0 Å². The van der Waals surface area contributed by atoms with Crippen molar-refractivity contribution in [1.29, 1.82) is 0 Å². The maximum atomic E-state index is 2.43. The zero-order valence-corrected chi connectivity index (χ0v) is 28.3. The number of fused-ring (bicyclic) bond motifs is 15. The van der Waals surface area contributed by atoms with Gasteiger partial charge in [0.1, 0.15) is 0 Å². The van der Waals surface area contributed by atoms with Gasteiger partial charge < -0.3 is 0 Å². The van der Waals surface area contributed by atoms with E-state index in [0.29, 0.717) is 0 Å². The van der Waals surface area contributed by atoms with Crippen LogP contribution >= 0.6 is 11.3 Å². The molecule has 0 spiro atoms. The molecule has 1 aromatic heterocycles. The van der Waals surface area contributed by atoms with Crippen molar-refractivity contribution in [3.05, 3.63) is 169 Å². The summed E-state index contributed by atoms with van der Waals surface area (Å²) in [6.07, 6.45) is 0. The van der Waals surface area contributed by atoms with Crippen molar-refractivity contribution in [3.63, 3.8) is 0 Å². The van der Waals surface area contributed by atoms with Gasteiger partial charge in [-0.25, -0.2) is 0 Å². The summed E-state index contributed by atoms with van der Waals surface area (Å²) in [5.74, 6) is 0. The van der Waals surface area contributed by atoms with Gasteiger partial charge in [-0.3, -0.25) is 0 Å². The lowest BCUT2D eigenvalue weighted by atomic mass is 9.91. The first kappa shape index (κ1) is 27.9. The fraction of sp³-hybridized carbons (Fsp3) is 0.0204. The summed E-state index contributed by atoms with van der Waals surface area (Å²) in [4.78, 5) is 0. The predicted molar refractivity (Wildman–Crippen MR) is 220 cm³/mol. The molecule has 0 unspecified atom stereocenters. The fourth-order valence-electron chi connectivity index (χ4n) is 8.59. The number of aryl methyl sites for hydroxylation is 1. The van der Waals surface area contributed by atoms with E-state index < -0.39 is 0 Å². The molecule has 1 heteroatoms. The van der Waals surface area contributed by atoms with Gasteiger partial charge in [0, 0.05) is 20.2 Å². The lowest BCUT2D eigenvalue weighted by Gasteiger charge is -2.13. The number of benzene rings is 10. The fourth-order valence-corrected chi connectivity index (χ4v) is 9.96. The van der Waals surface area contributed by atoms with Crippen molar-refractivity contribution >= 4 is 96.1 Å². The van der Waals surface area contributed by atoms with Crippen molar-refractivity contribution in [1.82, 2.24) is 0 Å². The average molecular weight is 651 g/mol. The van der Waals surface area contributed by atoms with E-state index in [1.807, 2.05) is 11.3 Å². The minimum Gasteiger partial charge on any atom is -0.134 e. The Morgan fingerprint density at radius 2 is 0.620 bits per heavy atom. The SMILES string of the molecule is Cc1ccc2c(c1)c1ccccc1c1ccc(-c3cccc4c3sc3c(-c5ccc6c7ccccc7c7ccccc7c6c5)cccc34)cc12. The highest BCUT2D eigenvalue weighted by molar-refractivity contribution is 7.26. The van der Waals surface area contributed by atoms with Crippen LogP contribution in [0, 0.1) is 6.92 Å². The van der Waals surface area contributed by atoms with Crippen LogP contribution in [0.5, 0.6) is 0 Å². The van der Waals surface area contributed by atoms with Crippen LogP contribution in [0.1, 0.15) is 5.56 Å². The molecule has 50 heavy (non-hydrogen) atoms. The molecule has 0 bridgehead atoms. The van der Waals surface area contributed by atoms with Crippen LogP contribution in [0.4, 0.5) is 0 Å². The third-order valence-corrected chi connectivity index (χ3v) is 12.2. The Labute approximate surface area is 293 Å². The second-order valence-electron chi connectivity index (χ2n) is 13.7. The quantitative estimate of drug-likeness (QED) is 0.163. The van der Waals surface area contributed by atoms with Gasteiger partial charge in [0.25, 0.3) is 0 Å². The summed E-state index contributed by atoms with van der Waals surface area (Å²) < 4.78 is 2.68. The summed E-state index contributed by atoms with van der Waals surface area (Å²) >= 11 is 1.93. The zero-order valence-electron chi connectivity index (χ0n) is 27.5. The van der Waals surface area contributed by atoms with E-state index in [2.05, 4.69) is 171 Å². The number of hydrogen-bond donors (Lipinski definition) is 0. The largest absolute Gasteiger partial charge is 0.134 e. The van der Waals surface area contributed by atoms with Crippen molar-refractivity contribution in [2.45, 2.75) is 6.92 Å². The molecule has 0 saturated heterocycles. The Hall–Kier alpha value is -6.02. The average Bonchev–Trinajstić information content (AvgIpc) is 3.57. The van der Waals surface area contributed by atoms with E-state index in [4.69, 9.17) is 0 Å². The highest BCUT2D eigenvalue weighted by Crippen LogP contribution is 2.46. The van der Waals surface area contributed by atoms with E-state index in [9.17, 15) is 0 Å². The molecule has 0 nitrogen and oxygen atoms in total. The van der Waals surface area contributed by atoms with Crippen LogP contribution in [-0.4, -0.2) is 0 Å². The smallest absolute Gasteiger partial charge is 0.0434 e. The first-order chi connectivity index (χ1) is 24.7. The first-order valence-corrected chi connectivity index (χ1v) is 18.2. The van der Waals surface area contributed by atoms with Crippen molar-refractivity contribution in [3.8, 4) is 22.3 Å². The van der Waals surface area contributed by atoms with E-state index >= 15 is 0 Å². The molecule has 0 aliphatic rings. The first-order valence-electron chi connectivity index (χ1n) is 17.3. The summed E-state index contributed by atoms with van der Waals surface area (Å²) in [7, 11) is 0. The lowest BCUT2D eigenvalue weighted by molar-refractivity contribution is 1.51. The zero-order chi connectivity index (χ0) is 32.9. The molecule has 0 N–H and O–H groups in total. The molecule has 0 aliphatic heterocycles. The minimum atomic E-state index is 1.26. The monoisotopic (exact) mass is 650 g/mol. The Bertz CT molecular complexity index is 3180. The lowest BCUT2D eigenvalue weighted by Crippen LogP contribution is -1.86. The molecule has 0 fully saturated rings. The predicted octanol–water partition coefficient (Wildman–Crippen LogP) is 14.6. The Kier molecular flexibility index (Phi) is 5.85. The van der Waals surface area contributed by atoms with Crippen molar-refractivity contribution < 1.29 is 0 Å². The third-order valence-electron chi connectivity index (χ3n) is 10.9. The van der Waals surface area contributed by atoms with Gasteiger partial charge in [0.15, 0.2) is 0 Å². The third kappa shape index (κ3) is 3.93. The van der Waals surface area contributed by atoms with E-state index in [1.165, 1.54) is 113 Å². The van der Waals surface area contributed by atoms with E-state index in [0.717, 1.165) is 0 Å². The van der Waals surface area contributed by atoms with Gasteiger partial charge in [0.2, 0.25) is 0 Å². The summed E-state index contributed by atoms with van der Waals surface area (Å²) in [6, 6.07) is 61.3. The second kappa shape index (κ2) is 10.5. The van der Waals surface area contributed by atoms with Gasteiger partial charge in [-0.05, 0) is 106 Å². The van der Waals surface area contributed by atoms with Crippen LogP contribution in [0.2, 0.25) is 0 Å². The Balaban J connectivity index is 1.14. The molecule has 0 radical (unpaired) electrons. The molecule has 11 rings (SSSR count). The molecule has 11 aromatic rings. The van der Waals surface area contributed by atoms with Crippen LogP contribution in [0.25, 0.3) is 107 Å². The summed E-state index contributed by atoms with van der Waals surface area (Å²) in [5, 5.41) is 18.4. The highest BCUT2D eigenvalue weighted by atomic mass is 32.1. The maximum Gasteiger partial charge on any atom is 0.0434 e. The van der Waals surface area contributed by atoms with E-state index in [1.54, 1.807) is 0 Å². The molecule has 1 heterocycles. The van der Waals surface area contributed by atoms with Crippen molar-refractivity contribution in [2.24, 2.45) is 0 Å². The molecule has 0 atom stereocenters. The van der Waals surface area contributed by atoms with Crippen LogP contribution in [0.15, 0.2) is 164 Å². The molecule has 232 valence electrons. The summed E-state index contributed by atoms with van der Waals surface area (Å²) in [6.45, 7) is 2.19. The molecule has 10 aromatic carbocycles. The van der Waals surface area contributed by atoms with Gasteiger partial charge in [-0.1, -0.05) is 157 Å². The van der Waals surface area contributed by atoms with Gasteiger partial charge in [-0.15, -0.1) is 11.3 Å². The number of hydrogen-bond acceptors (Lipinski definition) is 1. The molecular weight excluding hydrogens is 621 g/mol. The highest BCUT2D eigenvalue weighted by Gasteiger charge is 2.17. The van der Waals surface area contributed by atoms with Crippen LogP contribution in [0.3, 0.4) is 0 Å². The number of rotatable bonds is 2. The standard InChI is InChI=1S/C49H30S/c1-29-20-23-42-45(26-29)38-14-6-5-13-37(38)41-25-22-31(28-47(41)42)33-17-9-19-44-43-18-8-16-32(48(43)50-49(33)44)30-21-24-40-36-12-3-2-10-34(36)35-11-4-7-15-39(35)46(40)27-30/h2-28H,1H3. The second-order valence-corrected chi connectivity index (χ2v) is 14.7. The molecule has 0 aliphatic carbocycles. The topological polar surface area (TPSA) is 0 Å². The molecular formula is C49H30S. The van der Waals surface area contributed by atoms with Gasteiger partial charge >= 0.3 is 0 Å². The normalized spacial score (nSPS) is 12.1. The number of thiophene rings is 1. The van der Waals surface area contributed by atoms with Crippen molar-refractivity contribution in [2.75, 3.05) is 0 Å². The minimum absolute atomic E-state index is 1.26. The molecule has 0 saturated carbocycles. The van der Waals surface area contributed by atoms with Gasteiger partial charge in [-0.2, -0.15) is 0 Å². The Morgan fingerprint density at radius 1 is 0.280 bits per heavy atom. The van der Waals surface area contributed by atoms with E-state index in [-0.39, 0.29) is 0 Å². The van der Waals surface area contributed by atoms with Crippen LogP contribution < -0.4 is 0 Å². The Morgan fingerprint density at radius 3 is 1.08 bits per heavy atom. The summed E-state index contributed by atoms with van der Waals surface area (Å²) in [5.41, 5.74) is 6.39. The van der Waals surface area contributed by atoms with Gasteiger partial charge in [0.05, 0.1) is 0 Å².